The zero-order chi connectivity index (χ0) is 26.9. The Bertz CT molecular complexity index is 1470. The molecule has 5 rings (SSSR count). The molecule has 0 unspecified atom stereocenters. The van der Waals surface area contributed by atoms with Gasteiger partial charge in [-0.15, -0.1) is 10.2 Å². The van der Waals surface area contributed by atoms with Crippen molar-refractivity contribution in [2.24, 2.45) is 0 Å². The number of hydrogen-bond acceptors (Lipinski definition) is 7. The minimum atomic E-state index is -4.49. The van der Waals surface area contributed by atoms with E-state index in [1.54, 1.807) is 30.3 Å². The van der Waals surface area contributed by atoms with E-state index in [-0.39, 0.29) is 28.9 Å². The van der Waals surface area contributed by atoms with E-state index in [1.165, 1.54) is 35.7 Å². The Morgan fingerprint density at radius 2 is 1.89 bits per heavy atom. The number of anilines is 1. The van der Waals surface area contributed by atoms with Crippen LogP contribution in [0.4, 0.5) is 18.9 Å². The van der Waals surface area contributed by atoms with Gasteiger partial charge in [-0.25, -0.2) is 0 Å². The minimum Gasteiger partial charge on any atom is -0.455 e. The molecule has 0 N–H and O–H groups in total. The standard InChI is InChI=1S/C27H23F3N4O3S/c1-3-4-14-38-26-31-24-23(32-33-26)19-10-5-6-11-20(19)34(16(2)35)25(37-24)22-13-12-21(36-22)17-8-7-9-18(15-17)27(28,29)30/h5-13,15,25H,3-4,14H2,1-2H3/t25-/m1/s1. The number of amides is 1. The number of para-hydroxylation sites is 1. The van der Waals surface area contributed by atoms with E-state index in [0.717, 1.165) is 30.7 Å². The molecule has 7 nitrogen and oxygen atoms in total. The van der Waals surface area contributed by atoms with E-state index in [4.69, 9.17) is 9.15 Å². The van der Waals surface area contributed by atoms with Crippen LogP contribution in [-0.4, -0.2) is 26.8 Å². The SMILES string of the molecule is CCCCSc1nnc2c(n1)O[C@H](c1ccc(-c3cccc(C(F)(F)F)c3)o1)N(C(C)=O)c1ccccc1-2. The third-order valence-corrected chi connectivity index (χ3v) is 6.85. The number of alkyl halides is 3. The Kier molecular flexibility index (Phi) is 7.11. The molecule has 0 saturated carbocycles. The van der Waals surface area contributed by atoms with Crippen molar-refractivity contribution >= 4 is 23.4 Å². The second-order valence-electron chi connectivity index (χ2n) is 8.61. The summed E-state index contributed by atoms with van der Waals surface area (Å²) in [5.41, 5.74) is 0.952. The lowest BCUT2D eigenvalue weighted by Gasteiger charge is -2.28. The number of fused-ring (bicyclic) bond motifs is 3. The monoisotopic (exact) mass is 540 g/mol. The second kappa shape index (κ2) is 10.5. The first-order valence-electron chi connectivity index (χ1n) is 12.0. The van der Waals surface area contributed by atoms with E-state index >= 15 is 0 Å². The molecule has 2 aromatic heterocycles. The summed E-state index contributed by atoms with van der Waals surface area (Å²) < 4.78 is 52.1. The Morgan fingerprint density at radius 3 is 2.66 bits per heavy atom. The second-order valence-corrected chi connectivity index (χ2v) is 9.67. The molecule has 4 aromatic rings. The first kappa shape index (κ1) is 25.8. The van der Waals surface area contributed by atoms with Gasteiger partial charge in [0.25, 0.3) is 0 Å². The number of benzene rings is 2. The predicted molar refractivity (Wildman–Crippen MR) is 137 cm³/mol. The lowest BCUT2D eigenvalue weighted by molar-refractivity contribution is -0.137. The highest BCUT2D eigenvalue weighted by Crippen LogP contribution is 2.44. The maximum Gasteiger partial charge on any atom is 0.416 e. The Labute approximate surface area is 221 Å². The van der Waals surface area contributed by atoms with E-state index in [9.17, 15) is 18.0 Å². The molecule has 2 aromatic carbocycles. The van der Waals surface area contributed by atoms with Crippen molar-refractivity contribution in [3.05, 3.63) is 72.0 Å². The third-order valence-electron chi connectivity index (χ3n) is 5.92. The van der Waals surface area contributed by atoms with Crippen molar-refractivity contribution in [3.8, 4) is 28.5 Å². The molecular formula is C27H23F3N4O3S. The minimum absolute atomic E-state index is 0.178. The first-order chi connectivity index (χ1) is 18.3. The molecule has 0 bridgehead atoms. The molecular weight excluding hydrogens is 517 g/mol. The predicted octanol–water partition coefficient (Wildman–Crippen LogP) is 7.15. The molecule has 11 heteroatoms. The number of hydrogen-bond donors (Lipinski definition) is 0. The average Bonchev–Trinajstić information content (AvgIpc) is 3.33. The summed E-state index contributed by atoms with van der Waals surface area (Å²) >= 11 is 1.45. The molecule has 1 aliphatic rings. The highest BCUT2D eigenvalue weighted by molar-refractivity contribution is 7.99. The van der Waals surface area contributed by atoms with Gasteiger partial charge in [-0.3, -0.25) is 9.69 Å². The molecule has 0 radical (unpaired) electrons. The van der Waals surface area contributed by atoms with Crippen LogP contribution in [0.3, 0.4) is 0 Å². The summed E-state index contributed by atoms with van der Waals surface area (Å²) in [5, 5.41) is 9.06. The van der Waals surface area contributed by atoms with Crippen molar-refractivity contribution in [1.29, 1.82) is 0 Å². The van der Waals surface area contributed by atoms with Crippen LogP contribution in [0.2, 0.25) is 0 Å². The molecule has 196 valence electrons. The van der Waals surface area contributed by atoms with Crippen LogP contribution >= 0.6 is 11.8 Å². The van der Waals surface area contributed by atoms with Crippen LogP contribution in [0.5, 0.6) is 5.88 Å². The lowest BCUT2D eigenvalue weighted by Crippen LogP contribution is -2.35. The molecule has 1 amide bonds. The molecule has 3 heterocycles. The fraction of sp³-hybridized carbons (Fsp3) is 0.259. The smallest absolute Gasteiger partial charge is 0.416 e. The number of halogens is 3. The number of unbranched alkanes of at least 4 members (excludes halogenated alkanes) is 1. The number of rotatable bonds is 6. The zero-order valence-electron chi connectivity index (χ0n) is 20.5. The van der Waals surface area contributed by atoms with Crippen LogP contribution in [-0.2, 0) is 11.0 Å². The number of carbonyl (C=O) groups excluding carboxylic acids is 1. The van der Waals surface area contributed by atoms with Gasteiger partial charge in [-0.2, -0.15) is 18.2 Å². The summed E-state index contributed by atoms with van der Waals surface area (Å²) in [6.45, 7) is 3.49. The van der Waals surface area contributed by atoms with Crippen molar-refractivity contribution in [1.82, 2.24) is 15.2 Å². The van der Waals surface area contributed by atoms with Crippen LogP contribution in [0.25, 0.3) is 22.6 Å². The van der Waals surface area contributed by atoms with Gasteiger partial charge in [0.2, 0.25) is 23.2 Å². The summed E-state index contributed by atoms with van der Waals surface area (Å²) in [5.74, 6) is 1.08. The number of ether oxygens (including phenoxy) is 1. The Balaban J connectivity index is 1.58. The lowest BCUT2D eigenvalue weighted by atomic mass is 10.1. The van der Waals surface area contributed by atoms with Gasteiger partial charge in [-0.1, -0.05) is 55.4 Å². The van der Waals surface area contributed by atoms with Crippen LogP contribution in [0.15, 0.2) is 70.2 Å². The Hall–Kier alpha value is -3.86. The molecule has 0 saturated heterocycles. The maximum absolute atomic E-state index is 13.3. The van der Waals surface area contributed by atoms with Gasteiger partial charge in [0.05, 0.1) is 11.3 Å². The van der Waals surface area contributed by atoms with Gasteiger partial charge in [-0.05, 0) is 36.8 Å². The molecule has 0 aliphatic carbocycles. The number of thioether (sulfide) groups is 1. The van der Waals surface area contributed by atoms with Crippen LogP contribution in [0.1, 0.15) is 44.2 Å². The molecule has 38 heavy (non-hydrogen) atoms. The molecule has 0 spiro atoms. The molecule has 1 aliphatic heterocycles. The topological polar surface area (TPSA) is 81.3 Å². The van der Waals surface area contributed by atoms with Crippen LogP contribution < -0.4 is 9.64 Å². The highest BCUT2D eigenvalue weighted by Gasteiger charge is 2.37. The summed E-state index contributed by atoms with van der Waals surface area (Å²) in [6, 6.07) is 15.1. The van der Waals surface area contributed by atoms with Gasteiger partial charge in [0.15, 0.2) is 11.5 Å². The van der Waals surface area contributed by atoms with Gasteiger partial charge < -0.3 is 9.15 Å². The Morgan fingerprint density at radius 1 is 1.08 bits per heavy atom. The summed E-state index contributed by atoms with van der Waals surface area (Å²) in [6.07, 6.45) is -3.56. The maximum atomic E-state index is 13.3. The fourth-order valence-electron chi connectivity index (χ4n) is 4.10. The first-order valence-corrected chi connectivity index (χ1v) is 13.0. The average molecular weight is 541 g/mol. The van der Waals surface area contributed by atoms with E-state index < -0.39 is 18.0 Å². The summed E-state index contributed by atoms with van der Waals surface area (Å²) in [7, 11) is 0. The summed E-state index contributed by atoms with van der Waals surface area (Å²) in [4.78, 5) is 18.9. The van der Waals surface area contributed by atoms with Crippen molar-refractivity contribution in [2.75, 3.05) is 10.7 Å². The number of nitrogens with zero attached hydrogens (tertiary/aromatic N) is 4. The normalized spacial score (nSPS) is 14.9. The van der Waals surface area contributed by atoms with Gasteiger partial charge in [0.1, 0.15) is 5.76 Å². The van der Waals surface area contributed by atoms with Crippen LogP contribution in [0, 0.1) is 0 Å². The fourth-order valence-corrected chi connectivity index (χ4v) is 4.96. The number of furan rings is 1. The van der Waals surface area contributed by atoms with Gasteiger partial charge >= 0.3 is 6.18 Å². The largest absolute Gasteiger partial charge is 0.455 e. The zero-order valence-corrected chi connectivity index (χ0v) is 21.3. The van der Waals surface area contributed by atoms with Gasteiger partial charge in [0, 0.05) is 23.8 Å². The quantitative estimate of drug-likeness (QED) is 0.190. The van der Waals surface area contributed by atoms with Crippen molar-refractivity contribution in [2.45, 2.75) is 44.2 Å². The molecule has 1 atom stereocenters. The number of carbonyl (C=O) groups is 1. The van der Waals surface area contributed by atoms with E-state index in [1.807, 2.05) is 6.07 Å². The molecule has 0 fully saturated rings. The van der Waals surface area contributed by atoms with E-state index in [0.29, 0.717) is 22.1 Å². The number of aromatic nitrogens is 3. The third kappa shape index (κ3) is 5.10. The van der Waals surface area contributed by atoms with Crippen molar-refractivity contribution < 1.29 is 27.1 Å². The highest BCUT2D eigenvalue weighted by atomic mass is 32.2. The van der Waals surface area contributed by atoms with E-state index in [2.05, 4.69) is 22.1 Å². The van der Waals surface area contributed by atoms with Crippen molar-refractivity contribution in [3.63, 3.8) is 0 Å².